The summed E-state index contributed by atoms with van der Waals surface area (Å²) in [6, 6.07) is 8.89. The fourth-order valence-corrected chi connectivity index (χ4v) is 2.24. The number of nitriles is 1. The topological polar surface area (TPSA) is 64.2 Å². The number of benzene rings is 2. The second-order valence-corrected chi connectivity index (χ2v) is 4.69. The van der Waals surface area contributed by atoms with Gasteiger partial charge < -0.3 is 10.2 Å². The molecule has 0 aliphatic rings. The standard InChI is InChI=1S/C14H9BrFNO2/c15-13-8(6-17)2-4-11(14(13)19)12-5-10(16)3-1-9(12)7-18/h1-5,18-19H,7H2. The molecule has 0 fully saturated rings. The maximum Gasteiger partial charge on any atom is 0.138 e. The van der Waals surface area contributed by atoms with Gasteiger partial charge in [-0.1, -0.05) is 6.07 Å². The van der Waals surface area contributed by atoms with Gasteiger partial charge >= 0.3 is 0 Å². The third-order valence-electron chi connectivity index (χ3n) is 2.77. The van der Waals surface area contributed by atoms with E-state index in [9.17, 15) is 14.6 Å². The highest BCUT2D eigenvalue weighted by molar-refractivity contribution is 9.10. The van der Waals surface area contributed by atoms with Crippen LogP contribution in [-0.4, -0.2) is 10.2 Å². The molecule has 0 aliphatic carbocycles. The van der Waals surface area contributed by atoms with Crippen LogP contribution >= 0.6 is 15.9 Å². The number of hydrogen-bond acceptors (Lipinski definition) is 3. The number of phenolic OH excluding ortho intramolecular Hbond substituents is 1. The Hall–Kier alpha value is -1.90. The summed E-state index contributed by atoms with van der Waals surface area (Å²) >= 11 is 3.12. The zero-order chi connectivity index (χ0) is 14.0. The van der Waals surface area contributed by atoms with Crippen LogP contribution in [0.1, 0.15) is 11.1 Å². The average Bonchev–Trinajstić information content (AvgIpc) is 2.42. The van der Waals surface area contributed by atoms with Gasteiger partial charge in [0.25, 0.3) is 0 Å². The summed E-state index contributed by atoms with van der Waals surface area (Å²) in [5.41, 5.74) is 1.52. The molecule has 5 heteroatoms. The van der Waals surface area contributed by atoms with Crippen LogP contribution in [-0.2, 0) is 6.61 Å². The van der Waals surface area contributed by atoms with Crippen molar-refractivity contribution in [2.75, 3.05) is 0 Å². The molecule has 3 nitrogen and oxygen atoms in total. The summed E-state index contributed by atoms with van der Waals surface area (Å²) < 4.78 is 13.6. The molecule has 0 radical (unpaired) electrons. The highest BCUT2D eigenvalue weighted by Crippen LogP contribution is 2.39. The van der Waals surface area contributed by atoms with Gasteiger partial charge in [-0.15, -0.1) is 0 Å². The van der Waals surface area contributed by atoms with E-state index in [0.29, 0.717) is 16.7 Å². The van der Waals surface area contributed by atoms with E-state index in [0.717, 1.165) is 0 Å². The van der Waals surface area contributed by atoms with E-state index >= 15 is 0 Å². The predicted octanol–water partition coefficient (Wildman–Crippen LogP) is 3.32. The van der Waals surface area contributed by atoms with Crippen LogP contribution in [0.5, 0.6) is 5.75 Å². The van der Waals surface area contributed by atoms with Gasteiger partial charge in [-0.3, -0.25) is 0 Å². The van der Waals surface area contributed by atoms with E-state index in [1.807, 2.05) is 6.07 Å². The Bertz CT molecular complexity index is 680. The molecule has 0 aromatic heterocycles. The fourth-order valence-electron chi connectivity index (χ4n) is 1.81. The van der Waals surface area contributed by atoms with Crippen molar-refractivity contribution in [3.63, 3.8) is 0 Å². The van der Waals surface area contributed by atoms with Gasteiger partial charge in [0, 0.05) is 5.56 Å². The number of rotatable bonds is 2. The molecule has 0 unspecified atom stereocenters. The summed E-state index contributed by atoms with van der Waals surface area (Å²) in [7, 11) is 0. The lowest BCUT2D eigenvalue weighted by molar-refractivity contribution is 0.282. The first-order valence-corrected chi connectivity index (χ1v) is 6.19. The van der Waals surface area contributed by atoms with Crippen molar-refractivity contribution < 1.29 is 14.6 Å². The molecule has 0 spiro atoms. The number of halogens is 2. The van der Waals surface area contributed by atoms with E-state index in [2.05, 4.69) is 15.9 Å². The molecule has 96 valence electrons. The summed E-state index contributed by atoms with van der Waals surface area (Å²) in [5, 5.41) is 28.2. The zero-order valence-electron chi connectivity index (χ0n) is 9.69. The van der Waals surface area contributed by atoms with E-state index in [4.69, 9.17) is 5.26 Å². The van der Waals surface area contributed by atoms with Gasteiger partial charge in [-0.05, 0) is 51.3 Å². The summed E-state index contributed by atoms with van der Waals surface area (Å²) in [6.07, 6.45) is 0. The van der Waals surface area contributed by atoms with E-state index in [1.54, 1.807) is 0 Å². The number of hydrogen-bond donors (Lipinski definition) is 2. The van der Waals surface area contributed by atoms with Crippen LogP contribution in [0.4, 0.5) is 4.39 Å². The predicted molar refractivity (Wildman–Crippen MR) is 71.8 cm³/mol. The van der Waals surface area contributed by atoms with E-state index in [1.165, 1.54) is 30.3 Å². The molecule has 2 aromatic carbocycles. The molecular formula is C14H9BrFNO2. The molecule has 0 bridgehead atoms. The van der Waals surface area contributed by atoms with Crippen LogP contribution in [0, 0.1) is 17.1 Å². The molecule has 0 atom stereocenters. The van der Waals surface area contributed by atoms with Crippen molar-refractivity contribution in [1.82, 2.24) is 0 Å². The summed E-state index contributed by atoms with van der Waals surface area (Å²) in [6.45, 7) is -0.271. The Balaban J connectivity index is 2.70. The third-order valence-corrected chi connectivity index (χ3v) is 3.57. The highest BCUT2D eigenvalue weighted by atomic mass is 79.9. The normalized spacial score (nSPS) is 10.2. The Morgan fingerprint density at radius 3 is 2.58 bits per heavy atom. The number of nitrogens with zero attached hydrogens (tertiary/aromatic N) is 1. The maximum absolute atomic E-state index is 13.3. The van der Waals surface area contributed by atoms with E-state index < -0.39 is 5.82 Å². The number of aliphatic hydroxyl groups excluding tert-OH is 1. The van der Waals surface area contributed by atoms with Gasteiger partial charge in [-0.2, -0.15) is 5.26 Å². The van der Waals surface area contributed by atoms with Crippen molar-refractivity contribution in [3.8, 4) is 22.9 Å². The van der Waals surface area contributed by atoms with Crippen molar-refractivity contribution in [2.45, 2.75) is 6.61 Å². The van der Waals surface area contributed by atoms with Crippen molar-refractivity contribution in [1.29, 1.82) is 5.26 Å². The first kappa shape index (κ1) is 13.5. The SMILES string of the molecule is N#Cc1ccc(-c2cc(F)ccc2CO)c(O)c1Br. The smallest absolute Gasteiger partial charge is 0.138 e. The zero-order valence-corrected chi connectivity index (χ0v) is 11.3. The Morgan fingerprint density at radius 2 is 1.95 bits per heavy atom. The Kier molecular flexibility index (Phi) is 3.84. The molecule has 0 heterocycles. The third kappa shape index (κ3) is 2.46. The highest BCUT2D eigenvalue weighted by Gasteiger charge is 2.15. The van der Waals surface area contributed by atoms with Crippen molar-refractivity contribution in [3.05, 3.63) is 51.7 Å². The second-order valence-electron chi connectivity index (χ2n) is 3.89. The van der Waals surface area contributed by atoms with Gasteiger partial charge in [0.15, 0.2) is 0 Å². The fraction of sp³-hybridized carbons (Fsp3) is 0.0714. The molecule has 0 amide bonds. The first-order chi connectivity index (χ1) is 9.08. The number of aliphatic hydroxyl groups is 1. The maximum atomic E-state index is 13.3. The molecule has 19 heavy (non-hydrogen) atoms. The molecule has 0 aliphatic heterocycles. The molecule has 0 saturated heterocycles. The van der Waals surface area contributed by atoms with Gasteiger partial charge in [0.05, 0.1) is 16.6 Å². The second kappa shape index (κ2) is 5.39. The van der Waals surface area contributed by atoms with Crippen molar-refractivity contribution >= 4 is 15.9 Å². The summed E-state index contributed by atoms with van der Waals surface area (Å²) in [5.74, 6) is -0.619. The molecule has 0 saturated carbocycles. The lowest BCUT2D eigenvalue weighted by Gasteiger charge is -2.11. The molecule has 2 aromatic rings. The van der Waals surface area contributed by atoms with Gasteiger partial charge in [0.1, 0.15) is 17.6 Å². The minimum atomic E-state index is -0.466. The number of phenols is 1. The first-order valence-electron chi connectivity index (χ1n) is 5.39. The lowest BCUT2D eigenvalue weighted by atomic mass is 9.98. The monoisotopic (exact) mass is 321 g/mol. The molecular weight excluding hydrogens is 313 g/mol. The van der Waals surface area contributed by atoms with Crippen LogP contribution in [0.25, 0.3) is 11.1 Å². The van der Waals surface area contributed by atoms with Gasteiger partial charge in [0.2, 0.25) is 0 Å². The molecule has 2 rings (SSSR count). The van der Waals surface area contributed by atoms with E-state index in [-0.39, 0.29) is 22.4 Å². The summed E-state index contributed by atoms with van der Waals surface area (Å²) in [4.78, 5) is 0. The minimum Gasteiger partial charge on any atom is -0.506 e. The lowest BCUT2D eigenvalue weighted by Crippen LogP contribution is -1.92. The Morgan fingerprint density at radius 1 is 1.21 bits per heavy atom. The largest absolute Gasteiger partial charge is 0.506 e. The van der Waals surface area contributed by atoms with Crippen LogP contribution in [0.2, 0.25) is 0 Å². The quantitative estimate of drug-likeness (QED) is 0.891. The molecule has 2 N–H and O–H groups in total. The van der Waals surface area contributed by atoms with Crippen LogP contribution in [0.15, 0.2) is 34.8 Å². The average molecular weight is 322 g/mol. The Labute approximate surface area is 117 Å². The number of aromatic hydroxyl groups is 1. The van der Waals surface area contributed by atoms with Crippen LogP contribution in [0.3, 0.4) is 0 Å². The minimum absolute atomic E-state index is 0.153. The van der Waals surface area contributed by atoms with Gasteiger partial charge in [-0.25, -0.2) is 4.39 Å². The van der Waals surface area contributed by atoms with Crippen LogP contribution < -0.4 is 0 Å². The van der Waals surface area contributed by atoms with Crippen molar-refractivity contribution in [2.24, 2.45) is 0 Å².